The lowest BCUT2D eigenvalue weighted by Gasteiger charge is -2.16. The van der Waals surface area contributed by atoms with Crippen LogP contribution in [0.2, 0.25) is 0 Å². The molecule has 2 aliphatic rings. The second kappa shape index (κ2) is 3.54. The second-order valence-corrected chi connectivity index (χ2v) is 5.08. The maximum absolute atomic E-state index is 12.9. The molecule has 1 aliphatic heterocycles. The van der Waals surface area contributed by atoms with E-state index in [9.17, 15) is 13.2 Å². The van der Waals surface area contributed by atoms with E-state index >= 15 is 0 Å². The van der Waals surface area contributed by atoms with Gasteiger partial charge in [0.15, 0.2) is 0 Å². The van der Waals surface area contributed by atoms with Gasteiger partial charge >= 0.3 is 6.18 Å². The first-order chi connectivity index (χ1) is 8.42. The highest BCUT2D eigenvalue weighted by molar-refractivity contribution is 6.17. The maximum atomic E-state index is 12.9. The Morgan fingerprint density at radius 1 is 1.44 bits per heavy atom. The van der Waals surface area contributed by atoms with E-state index in [-0.39, 0.29) is 17.5 Å². The third-order valence-electron chi connectivity index (χ3n) is 3.83. The predicted octanol–water partition coefficient (Wildman–Crippen LogP) is 2.81. The van der Waals surface area contributed by atoms with Gasteiger partial charge < -0.3 is 10.5 Å². The number of fused-ring (bicyclic) bond motifs is 3. The highest BCUT2D eigenvalue weighted by Crippen LogP contribution is 2.59. The van der Waals surface area contributed by atoms with Crippen molar-refractivity contribution < 1.29 is 17.9 Å². The quantitative estimate of drug-likeness (QED) is 0.844. The van der Waals surface area contributed by atoms with Crippen LogP contribution >= 0.6 is 11.6 Å². The van der Waals surface area contributed by atoms with Crippen LogP contribution in [-0.2, 0) is 17.5 Å². The monoisotopic (exact) mass is 277 g/mol. The van der Waals surface area contributed by atoms with Gasteiger partial charge in [-0.3, -0.25) is 0 Å². The van der Waals surface area contributed by atoms with Gasteiger partial charge in [-0.2, -0.15) is 13.2 Å². The van der Waals surface area contributed by atoms with Gasteiger partial charge in [-0.15, -0.1) is 11.6 Å². The molecule has 2 nitrogen and oxygen atoms in total. The van der Waals surface area contributed by atoms with Crippen LogP contribution in [0.1, 0.15) is 23.1 Å². The molecule has 0 bridgehead atoms. The molecule has 98 valence electrons. The van der Waals surface area contributed by atoms with Gasteiger partial charge in [0, 0.05) is 18.0 Å². The van der Waals surface area contributed by atoms with Crippen molar-refractivity contribution in [3.05, 3.63) is 28.8 Å². The van der Waals surface area contributed by atoms with Crippen molar-refractivity contribution >= 4 is 11.6 Å². The Labute approximate surface area is 107 Å². The van der Waals surface area contributed by atoms with E-state index in [4.69, 9.17) is 22.1 Å². The van der Waals surface area contributed by atoms with Crippen LogP contribution < -0.4 is 10.5 Å². The second-order valence-electron chi connectivity index (χ2n) is 4.81. The topological polar surface area (TPSA) is 35.2 Å². The Balaban J connectivity index is 2.15. The van der Waals surface area contributed by atoms with Gasteiger partial charge in [0.05, 0.1) is 11.0 Å². The summed E-state index contributed by atoms with van der Waals surface area (Å²) in [5.41, 5.74) is 5.22. The lowest BCUT2D eigenvalue weighted by atomic mass is 9.92. The van der Waals surface area contributed by atoms with E-state index in [0.29, 0.717) is 24.3 Å². The first-order valence-corrected chi connectivity index (χ1v) is 6.13. The standard InChI is InChI=1S/C12H11ClF3NO/c13-4-6-1-9-8(2-7(6)12(14,15)16)11(5-17)3-10(11)18-9/h1-2,10H,3-5,17H2. The van der Waals surface area contributed by atoms with Crippen LogP contribution in [0.15, 0.2) is 12.1 Å². The summed E-state index contributed by atoms with van der Waals surface area (Å²) >= 11 is 5.58. The molecule has 2 N–H and O–H groups in total. The van der Waals surface area contributed by atoms with E-state index in [1.54, 1.807) is 0 Å². The zero-order valence-electron chi connectivity index (χ0n) is 9.35. The van der Waals surface area contributed by atoms with Crippen LogP contribution in [0.4, 0.5) is 13.2 Å². The molecule has 2 unspecified atom stereocenters. The highest BCUT2D eigenvalue weighted by Gasteiger charge is 2.62. The molecular weight excluding hydrogens is 267 g/mol. The number of alkyl halides is 4. The first kappa shape index (κ1) is 12.1. The zero-order valence-corrected chi connectivity index (χ0v) is 10.1. The van der Waals surface area contributed by atoms with E-state index in [1.165, 1.54) is 6.07 Å². The minimum absolute atomic E-state index is 0.0522. The zero-order chi connectivity index (χ0) is 13.1. The fraction of sp³-hybridized carbons (Fsp3) is 0.500. The molecule has 1 aromatic carbocycles. The summed E-state index contributed by atoms with van der Waals surface area (Å²) in [7, 11) is 0. The molecule has 18 heavy (non-hydrogen) atoms. The summed E-state index contributed by atoms with van der Waals surface area (Å²) in [6, 6.07) is 2.56. The number of hydrogen-bond donors (Lipinski definition) is 1. The summed E-state index contributed by atoms with van der Waals surface area (Å²) < 4.78 is 44.4. The molecule has 0 saturated heterocycles. The van der Waals surface area contributed by atoms with Crippen molar-refractivity contribution in [1.29, 1.82) is 0 Å². The van der Waals surface area contributed by atoms with Crippen molar-refractivity contribution in [1.82, 2.24) is 0 Å². The smallest absolute Gasteiger partial charge is 0.416 e. The van der Waals surface area contributed by atoms with Crippen molar-refractivity contribution in [3.8, 4) is 5.75 Å². The van der Waals surface area contributed by atoms with Gasteiger partial charge in [0.2, 0.25) is 0 Å². The number of nitrogens with two attached hydrogens (primary N) is 1. The summed E-state index contributed by atoms with van der Waals surface area (Å²) in [6.45, 7) is 0.308. The van der Waals surface area contributed by atoms with E-state index in [2.05, 4.69) is 0 Å². The Hall–Kier alpha value is -0.940. The minimum atomic E-state index is -4.40. The normalized spacial score (nSPS) is 28.6. The summed E-state index contributed by atoms with van der Waals surface area (Å²) in [5, 5.41) is 0. The average Bonchev–Trinajstić information content (AvgIpc) is 2.94. The minimum Gasteiger partial charge on any atom is -0.489 e. The SMILES string of the molecule is NCC12CC1Oc1cc(CCl)c(C(F)(F)F)cc12. The molecule has 1 fully saturated rings. The van der Waals surface area contributed by atoms with Crippen LogP contribution in [0.3, 0.4) is 0 Å². The number of rotatable bonds is 2. The van der Waals surface area contributed by atoms with Gasteiger partial charge in [-0.05, 0) is 24.1 Å². The first-order valence-electron chi connectivity index (χ1n) is 5.59. The Kier molecular flexibility index (Phi) is 2.38. The summed E-state index contributed by atoms with van der Waals surface area (Å²) in [4.78, 5) is 0. The number of hydrogen-bond acceptors (Lipinski definition) is 2. The molecule has 3 rings (SSSR count). The molecule has 0 spiro atoms. The number of benzene rings is 1. The Bertz CT molecular complexity index is 513. The van der Waals surface area contributed by atoms with E-state index in [0.717, 1.165) is 6.07 Å². The molecule has 1 aromatic rings. The lowest BCUT2D eigenvalue weighted by Crippen LogP contribution is -2.22. The molecular formula is C12H11ClF3NO. The van der Waals surface area contributed by atoms with E-state index < -0.39 is 17.2 Å². The fourth-order valence-electron chi connectivity index (χ4n) is 2.67. The van der Waals surface area contributed by atoms with Crippen LogP contribution in [0.5, 0.6) is 5.75 Å². The van der Waals surface area contributed by atoms with Crippen LogP contribution in [0, 0.1) is 0 Å². The van der Waals surface area contributed by atoms with Crippen LogP contribution in [0.25, 0.3) is 0 Å². The average molecular weight is 278 g/mol. The maximum Gasteiger partial charge on any atom is 0.416 e. The lowest BCUT2D eigenvalue weighted by molar-refractivity contribution is -0.138. The van der Waals surface area contributed by atoms with Gasteiger partial charge in [0.25, 0.3) is 0 Å². The van der Waals surface area contributed by atoms with Crippen molar-refractivity contribution in [3.63, 3.8) is 0 Å². The summed E-state index contributed by atoms with van der Waals surface area (Å²) in [6.07, 6.45) is -3.76. The molecule has 1 aliphatic carbocycles. The fourth-order valence-corrected chi connectivity index (χ4v) is 2.89. The van der Waals surface area contributed by atoms with Gasteiger partial charge in [-0.25, -0.2) is 0 Å². The van der Waals surface area contributed by atoms with E-state index in [1.807, 2.05) is 0 Å². The van der Waals surface area contributed by atoms with Crippen molar-refractivity contribution in [2.24, 2.45) is 5.73 Å². The largest absolute Gasteiger partial charge is 0.489 e. The van der Waals surface area contributed by atoms with Crippen molar-refractivity contribution in [2.75, 3.05) is 6.54 Å². The molecule has 1 saturated carbocycles. The van der Waals surface area contributed by atoms with Gasteiger partial charge in [-0.1, -0.05) is 0 Å². The molecule has 0 amide bonds. The predicted molar refractivity (Wildman–Crippen MR) is 60.8 cm³/mol. The molecule has 6 heteroatoms. The van der Waals surface area contributed by atoms with Gasteiger partial charge in [0.1, 0.15) is 11.9 Å². The highest BCUT2D eigenvalue weighted by atomic mass is 35.5. The third kappa shape index (κ3) is 1.47. The molecule has 2 atom stereocenters. The van der Waals surface area contributed by atoms with Crippen molar-refractivity contribution in [2.45, 2.75) is 30.0 Å². The van der Waals surface area contributed by atoms with Crippen LogP contribution in [-0.4, -0.2) is 12.6 Å². The summed E-state index contributed by atoms with van der Waals surface area (Å²) in [5.74, 6) is 0.312. The third-order valence-corrected chi connectivity index (χ3v) is 4.12. The Morgan fingerprint density at radius 3 is 2.72 bits per heavy atom. The molecule has 0 aromatic heterocycles. The molecule has 1 heterocycles. The number of halogens is 4. The number of ether oxygens (including phenoxy) is 1. The Morgan fingerprint density at radius 2 is 2.17 bits per heavy atom. The molecule has 0 radical (unpaired) electrons.